The third kappa shape index (κ3) is 3.47. The Morgan fingerprint density at radius 3 is 2.65 bits per heavy atom. The average Bonchev–Trinajstić information content (AvgIpc) is 2.92. The Hall–Kier alpha value is -2.08. The average molecular weight is 313 g/mol. The first kappa shape index (κ1) is 17.3. The number of allylic oxidation sites excluding steroid dienone is 2. The SMILES string of the molecule is C=CC1=C(C)/C(=C\C[B]/C=C2/OC(=N)[C@H](C)C2[C@H](C)O)OC1=N. The van der Waals surface area contributed by atoms with Gasteiger partial charge < -0.3 is 14.6 Å². The van der Waals surface area contributed by atoms with Crippen LogP contribution in [-0.4, -0.2) is 30.3 Å². The minimum absolute atomic E-state index is 0.119. The summed E-state index contributed by atoms with van der Waals surface area (Å²) in [4.78, 5) is 0. The molecule has 3 N–H and O–H groups in total. The Bertz CT molecular complexity index is 632. The van der Waals surface area contributed by atoms with Gasteiger partial charge in [0.1, 0.15) is 13.0 Å². The lowest BCUT2D eigenvalue weighted by Crippen LogP contribution is -2.22. The molecule has 121 valence electrons. The van der Waals surface area contributed by atoms with Crippen molar-refractivity contribution in [1.29, 1.82) is 10.8 Å². The molecule has 0 aromatic heterocycles. The smallest absolute Gasteiger partial charge is 0.219 e. The van der Waals surface area contributed by atoms with Crippen molar-refractivity contribution < 1.29 is 14.6 Å². The van der Waals surface area contributed by atoms with Crippen molar-refractivity contribution in [3.63, 3.8) is 0 Å². The Morgan fingerprint density at radius 2 is 2.09 bits per heavy atom. The van der Waals surface area contributed by atoms with E-state index in [1.807, 2.05) is 27.2 Å². The highest BCUT2D eigenvalue weighted by molar-refractivity contribution is 6.42. The fraction of sp³-hybridized carbons (Fsp3) is 0.412. The van der Waals surface area contributed by atoms with Crippen LogP contribution in [0.3, 0.4) is 0 Å². The topological polar surface area (TPSA) is 86.4 Å². The van der Waals surface area contributed by atoms with Gasteiger partial charge in [-0.1, -0.05) is 31.9 Å². The number of aliphatic hydroxyl groups excluding tert-OH is 1. The predicted molar refractivity (Wildman–Crippen MR) is 91.6 cm³/mol. The summed E-state index contributed by atoms with van der Waals surface area (Å²) in [6, 6.07) is 0. The van der Waals surface area contributed by atoms with E-state index >= 15 is 0 Å². The van der Waals surface area contributed by atoms with Crippen LogP contribution in [0.4, 0.5) is 0 Å². The summed E-state index contributed by atoms with van der Waals surface area (Å²) in [5.41, 5.74) is 1.62. The molecule has 0 aromatic rings. The Balaban J connectivity index is 2.01. The van der Waals surface area contributed by atoms with Crippen molar-refractivity contribution in [2.75, 3.05) is 0 Å². The van der Waals surface area contributed by atoms with Gasteiger partial charge >= 0.3 is 0 Å². The minimum atomic E-state index is -0.565. The minimum Gasteiger partial charge on any atom is -0.448 e. The fourth-order valence-electron chi connectivity index (χ4n) is 2.84. The number of hydrogen-bond donors (Lipinski definition) is 3. The second kappa shape index (κ2) is 7.00. The normalized spacial score (nSPS) is 29.0. The van der Waals surface area contributed by atoms with Crippen LogP contribution in [0.5, 0.6) is 0 Å². The maximum absolute atomic E-state index is 9.86. The lowest BCUT2D eigenvalue weighted by Gasteiger charge is -2.16. The zero-order valence-corrected chi connectivity index (χ0v) is 13.7. The second-order valence-corrected chi connectivity index (χ2v) is 5.80. The van der Waals surface area contributed by atoms with E-state index in [9.17, 15) is 5.11 Å². The van der Waals surface area contributed by atoms with Crippen LogP contribution in [0.2, 0.25) is 6.32 Å². The van der Waals surface area contributed by atoms with Gasteiger partial charge in [-0.2, -0.15) is 0 Å². The van der Waals surface area contributed by atoms with Gasteiger partial charge in [0.25, 0.3) is 0 Å². The van der Waals surface area contributed by atoms with Crippen LogP contribution >= 0.6 is 0 Å². The molecule has 2 rings (SSSR count). The van der Waals surface area contributed by atoms with Crippen LogP contribution in [0.25, 0.3) is 0 Å². The molecular weight excluding hydrogens is 291 g/mol. The van der Waals surface area contributed by atoms with E-state index in [1.165, 1.54) is 0 Å². The van der Waals surface area contributed by atoms with E-state index in [0.717, 1.165) is 5.57 Å². The maximum Gasteiger partial charge on any atom is 0.219 e. The number of rotatable bonds is 5. The number of hydrogen-bond acceptors (Lipinski definition) is 5. The van der Waals surface area contributed by atoms with Gasteiger partial charge in [-0.15, -0.1) is 0 Å². The van der Waals surface area contributed by atoms with Crippen molar-refractivity contribution >= 4 is 19.1 Å². The summed E-state index contributed by atoms with van der Waals surface area (Å²) in [5.74, 6) is 3.10. The lowest BCUT2D eigenvalue weighted by molar-refractivity contribution is 0.125. The van der Waals surface area contributed by atoms with Crippen LogP contribution in [0.15, 0.2) is 47.4 Å². The van der Waals surface area contributed by atoms with E-state index in [4.69, 9.17) is 20.3 Å². The van der Waals surface area contributed by atoms with E-state index in [2.05, 4.69) is 6.58 Å². The Labute approximate surface area is 137 Å². The van der Waals surface area contributed by atoms with Gasteiger partial charge in [0.2, 0.25) is 5.90 Å². The first-order valence-electron chi connectivity index (χ1n) is 7.65. The van der Waals surface area contributed by atoms with Crippen molar-refractivity contribution in [2.45, 2.75) is 33.2 Å². The van der Waals surface area contributed by atoms with Crippen LogP contribution in [-0.2, 0) is 9.47 Å². The molecule has 2 aliphatic heterocycles. The molecule has 0 spiro atoms. The zero-order chi connectivity index (χ0) is 17.1. The molecule has 0 amide bonds. The summed E-state index contributed by atoms with van der Waals surface area (Å²) >= 11 is 0. The summed E-state index contributed by atoms with van der Waals surface area (Å²) in [6.07, 6.45) is 3.55. The third-order valence-corrected chi connectivity index (χ3v) is 4.18. The van der Waals surface area contributed by atoms with Crippen molar-refractivity contribution in [1.82, 2.24) is 0 Å². The predicted octanol–water partition coefficient (Wildman–Crippen LogP) is 2.98. The number of nitrogens with one attached hydrogen (secondary N) is 2. The lowest BCUT2D eigenvalue weighted by atomic mass is 9.72. The van der Waals surface area contributed by atoms with Gasteiger partial charge in [0, 0.05) is 17.1 Å². The van der Waals surface area contributed by atoms with Crippen LogP contribution in [0, 0.1) is 22.7 Å². The quantitative estimate of drug-likeness (QED) is 0.539. The largest absolute Gasteiger partial charge is 0.448 e. The molecule has 1 radical (unpaired) electrons. The van der Waals surface area contributed by atoms with Gasteiger partial charge in [-0.25, -0.2) is 0 Å². The number of ether oxygens (including phenoxy) is 2. The molecular formula is C17H22BN2O3. The van der Waals surface area contributed by atoms with Gasteiger partial charge in [-0.3, -0.25) is 10.8 Å². The maximum atomic E-state index is 9.86. The summed E-state index contributed by atoms with van der Waals surface area (Å²) in [7, 11) is 1.90. The monoisotopic (exact) mass is 313 g/mol. The highest BCUT2D eigenvalue weighted by atomic mass is 16.5. The van der Waals surface area contributed by atoms with E-state index in [0.29, 0.717) is 23.4 Å². The van der Waals surface area contributed by atoms with Crippen molar-refractivity contribution in [2.24, 2.45) is 11.8 Å². The highest BCUT2D eigenvalue weighted by Gasteiger charge is 2.38. The van der Waals surface area contributed by atoms with E-state index in [1.54, 1.807) is 19.0 Å². The standard InChI is InChI=1S/C17H22BN2O3/c1-5-12-9(2)13(22-17(12)20)6-7-18-8-14-15(11(4)21)10(3)16(19)23-14/h5-6,8,10-11,15,19-21H,1,7H2,2-4H3/b13-6+,14-8+,19-16?,20-17?/t10-,11+,15?/m1/s1. The summed E-state index contributed by atoms with van der Waals surface area (Å²) < 4.78 is 10.8. The molecule has 3 atom stereocenters. The van der Waals surface area contributed by atoms with Gasteiger partial charge in [0.15, 0.2) is 5.90 Å². The van der Waals surface area contributed by atoms with Crippen LogP contribution < -0.4 is 0 Å². The fourth-order valence-corrected chi connectivity index (χ4v) is 2.84. The van der Waals surface area contributed by atoms with Crippen molar-refractivity contribution in [3.05, 3.63) is 47.4 Å². The molecule has 2 aliphatic rings. The molecule has 2 heterocycles. The highest BCUT2D eigenvalue weighted by Crippen LogP contribution is 2.34. The second-order valence-electron chi connectivity index (χ2n) is 5.80. The summed E-state index contributed by atoms with van der Waals surface area (Å²) in [6.45, 7) is 9.17. The van der Waals surface area contributed by atoms with Gasteiger partial charge in [0.05, 0.1) is 17.8 Å². The Morgan fingerprint density at radius 1 is 1.39 bits per heavy atom. The van der Waals surface area contributed by atoms with Crippen LogP contribution in [0.1, 0.15) is 20.8 Å². The Kier molecular flexibility index (Phi) is 5.26. The molecule has 0 bridgehead atoms. The molecule has 5 nitrogen and oxygen atoms in total. The molecule has 0 aliphatic carbocycles. The van der Waals surface area contributed by atoms with E-state index < -0.39 is 6.10 Å². The molecule has 1 unspecified atom stereocenters. The van der Waals surface area contributed by atoms with Crippen molar-refractivity contribution in [3.8, 4) is 0 Å². The third-order valence-electron chi connectivity index (χ3n) is 4.18. The van der Waals surface area contributed by atoms with Gasteiger partial charge in [-0.05, 0) is 19.9 Å². The molecule has 1 fully saturated rings. The molecule has 0 aromatic carbocycles. The number of aliphatic hydroxyl groups is 1. The first-order chi connectivity index (χ1) is 10.9. The van der Waals surface area contributed by atoms with E-state index in [-0.39, 0.29) is 23.6 Å². The summed E-state index contributed by atoms with van der Waals surface area (Å²) in [5, 5.41) is 25.3. The molecule has 1 saturated heterocycles. The molecule has 6 heteroatoms. The first-order valence-corrected chi connectivity index (χ1v) is 7.65. The molecule has 0 saturated carbocycles. The zero-order valence-electron chi connectivity index (χ0n) is 13.7. The molecule has 23 heavy (non-hydrogen) atoms.